The molecule has 1 aromatic rings. The first-order valence-electron chi connectivity index (χ1n) is 6.47. The summed E-state index contributed by atoms with van der Waals surface area (Å²) < 4.78 is 12.8. The van der Waals surface area contributed by atoms with Crippen molar-refractivity contribution in [1.29, 1.82) is 0 Å². The van der Waals surface area contributed by atoms with Gasteiger partial charge in [0, 0.05) is 39.6 Å². The molecule has 104 valence electrons. The van der Waals surface area contributed by atoms with Crippen LogP contribution in [0.1, 0.15) is 18.6 Å². The van der Waals surface area contributed by atoms with Gasteiger partial charge in [0.2, 0.25) is 5.91 Å². The molecule has 1 unspecified atom stereocenters. The van der Waals surface area contributed by atoms with Gasteiger partial charge in [-0.05, 0) is 17.7 Å². The third-order valence-corrected chi connectivity index (χ3v) is 3.50. The average molecular weight is 266 g/mol. The van der Waals surface area contributed by atoms with Crippen LogP contribution in [0.2, 0.25) is 0 Å². The summed E-state index contributed by atoms with van der Waals surface area (Å²) in [6.45, 7) is 5.01. The fourth-order valence-electron chi connectivity index (χ4n) is 2.28. The summed E-state index contributed by atoms with van der Waals surface area (Å²) in [5.41, 5.74) is 0.718. The zero-order valence-electron chi connectivity index (χ0n) is 11.1. The summed E-state index contributed by atoms with van der Waals surface area (Å²) in [6.07, 6.45) is -0.621. The number of hydrogen-bond acceptors (Lipinski definition) is 3. The van der Waals surface area contributed by atoms with Crippen molar-refractivity contribution in [2.45, 2.75) is 13.0 Å². The lowest BCUT2D eigenvalue weighted by Gasteiger charge is -2.35. The van der Waals surface area contributed by atoms with Gasteiger partial charge in [0.05, 0.1) is 6.10 Å². The third-order valence-electron chi connectivity index (χ3n) is 3.50. The minimum absolute atomic E-state index is 0.0960. The van der Waals surface area contributed by atoms with Gasteiger partial charge in [0.15, 0.2) is 0 Å². The first-order chi connectivity index (χ1) is 9.06. The molecule has 0 bridgehead atoms. The highest BCUT2D eigenvalue weighted by Gasteiger charge is 2.20. The lowest BCUT2D eigenvalue weighted by molar-refractivity contribution is -0.130. The van der Waals surface area contributed by atoms with Crippen molar-refractivity contribution in [1.82, 2.24) is 9.80 Å². The monoisotopic (exact) mass is 266 g/mol. The van der Waals surface area contributed by atoms with Crippen molar-refractivity contribution in [3.8, 4) is 0 Å². The molecule has 0 aromatic heterocycles. The molecular formula is C14H19FN2O2. The van der Waals surface area contributed by atoms with Crippen LogP contribution in [-0.2, 0) is 4.79 Å². The molecule has 19 heavy (non-hydrogen) atoms. The Bertz CT molecular complexity index is 428. The molecule has 1 atom stereocenters. The second kappa shape index (κ2) is 6.12. The maximum atomic E-state index is 12.8. The number of carbonyl (C=O) groups excluding carboxylic acids is 1. The first-order valence-corrected chi connectivity index (χ1v) is 6.47. The second-order valence-electron chi connectivity index (χ2n) is 4.87. The lowest BCUT2D eigenvalue weighted by Crippen LogP contribution is -2.48. The molecule has 0 aliphatic carbocycles. The van der Waals surface area contributed by atoms with Gasteiger partial charge in [0.25, 0.3) is 0 Å². The van der Waals surface area contributed by atoms with Crippen LogP contribution in [0.15, 0.2) is 24.3 Å². The van der Waals surface area contributed by atoms with Crippen molar-refractivity contribution >= 4 is 5.91 Å². The van der Waals surface area contributed by atoms with Crippen molar-refractivity contribution in [3.63, 3.8) is 0 Å². The number of aliphatic hydroxyl groups is 1. The highest BCUT2D eigenvalue weighted by molar-refractivity contribution is 5.73. The quantitative estimate of drug-likeness (QED) is 0.888. The molecule has 1 saturated heterocycles. The number of β-amino-alcohol motifs (C(OH)–C–C–N with tert-alkyl or cyclic N) is 1. The number of hydrogen-bond donors (Lipinski definition) is 1. The van der Waals surface area contributed by atoms with Gasteiger partial charge in [-0.3, -0.25) is 9.69 Å². The molecule has 1 aromatic carbocycles. The maximum absolute atomic E-state index is 12.8. The summed E-state index contributed by atoms with van der Waals surface area (Å²) in [5, 5.41) is 10.1. The molecule has 1 heterocycles. The van der Waals surface area contributed by atoms with E-state index >= 15 is 0 Å². The largest absolute Gasteiger partial charge is 0.387 e. The van der Waals surface area contributed by atoms with Crippen LogP contribution in [0, 0.1) is 5.82 Å². The zero-order chi connectivity index (χ0) is 13.8. The Kier molecular flexibility index (Phi) is 4.50. The van der Waals surface area contributed by atoms with E-state index in [-0.39, 0.29) is 11.7 Å². The van der Waals surface area contributed by atoms with Crippen LogP contribution in [0.5, 0.6) is 0 Å². The Labute approximate surface area is 112 Å². The molecule has 1 amide bonds. The van der Waals surface area contributed by atoms with Gasteiger partial charge in [0.1, 0.15) is 5.82 Å². The smallest absolute Gasteiger partial charge is 0.219 e. The van der Waals surface area contributed by atoms with E-state index in [1.165, 1.54) is 12.1 Å². The van der Waals surface area contributed by atoms with Crippen LogP contribution < -0.4 is 0 Å². The number of piperazine rings is 1. The van der Waals surface area contributed by atoms with Crippen molar-refractivity contribution in [3.05, 3.63) is 35.6 Å². The highest BCUT2D eigenvalue weighted by Crippen LogP contribution is 2.16. The van der Waals surface area contributed by atoms with Gasteiger partial charge in [-0.2, -0.15) is 0 Å². The van der Waals surface area contributed by atoms with Crippen LogP contribution in [0.25, 0.3) is 0 Å². The Morgan fingerprint density at radius 3 is 2.37 bits per heavy atom. The molecule has 5 heteroatoms. The summed E-state index contributed by atoms with van der Waals surface area (Å²) in [4.78, 5) is 15.1. The molecule has 2 rings (SSSR count). The normalized spacial score (nSPS) is 18.4. The van der Waals surface area contributed by atoms with Crippen LogP contribution in [-0.4, -0.2) is 53.5 Å². The average Bonchev–Trinajstić information content (AvgIpc) is 2.40. The lowest BCUT2D eigenvalue weighted by atomic mass is 10.1. The van der Waals surface area contributed by atoms with E-state index < -0.39 is 6.10 Å². The molecule has 4 nitrogen and oxygen atoms in total. The Morgan fingerprint density at radius 2 is 1.84 bits per heavy atom. The van der Waals surface area contributed by atoms with E-state index in [9.17, 15) is 14.3 Å². The molecule has 0 spiro atoms. The molecule has 0 saturated carbocycles. The summed E-state index contributed by atoms with van der Waals surface area (Å²) in [5.74, 6) is -0.204. The predicted molar refractivity (Wildman–Crippen MR) is 70.1 cm³/mol. The topological polar surface area (TPSA) is 43.8 Å². The summed E-state index contributed by atoms with van der Waals surface area (Å²) in [7, 11) is 0. The number of amides is 1. The summed E-state index contributed by atoms with van der Waals surface area (Å²) >= 11 is 0. The van der Waals surface area contributed by atoms with E-state index in [4.69, 9.17) is 0 Å². The number of carbonyl (C=O) groups is 1. The molecule has 1 aliphatic rings. The van der Waals surface area contributed by atoms with Crippen molar-refractivity contribution < 1.29 is 14.3 Å². The highest BCUT2D eigenvalue weighted by atomic mass is 19.1. The third kappa shape index (κ3) is 3.75. The van der Waals surface area contributed by atoms with Crippen LogP contribution >= 0.6 is 0 Å². The van der Waals surface area contributed by atoms with E-state index in [1.807, 2.05) is 0 Å². The van der Waals surface area contributed by atoms with E-state index in [2.05, 4.69) is 4.90 Å². The SMILES string of the molecule is CC(=O)N1CCN(CC(O)c2ccc(F)cc2)CC1. The molecule has 1 aliphatic heterocycles. The summed E-state index contributed by atoms with van der Waals surface area (Å²) in [6, 6.07) is 5.91. The fourth-order valence-corrected chi connectivity index (χ4v) is 2.28. The number of nitrogens with zero attached hydrogens (tertiary/aromatic N) is 2. The number of aliphatic hydroxyl groups excluding tert-OH is 1. The van der Waals surface area contributed by atoms with E-state index in [0.717, 1.165) is 18.7 Å². The number of halogens is 1. The van der Waals surface area contributed by atoms with E-state index in [0.29, 0.717) is 19.6 Å². The fraction of sp³-hybridized carbons (Fsp3) is 0.500. The number of rotatable bonds is 3. The Morgan fingerprint density at radius 1 is 1.26 bits per heavy atom. The van der Waals surface area contributed by atoms with Crippen molar-refractivity contribution in [2.24, 2.45) is 0 Å². The second-order valence-corrected chi connectivity index (χ2v) is 4.87. The molecule has 1 N–H and O–H groups in total. The minimum atomic E-state index is -0.621. The Hall–Kier alpha value is -1.46. The minimum Gasteiger partial charge on any atom is -0.387 e. The molecule has 1 fully saturated rings. The standard InChI is InChI=1S/C14H19FN2O2/c1-11(18)17-8-6-16(7-9-17)10-14(19)12-2-4-13(15)5-3-12/h2-5,14,19H,6-10H2,1H3. The van der Waals surface area contributed by atoms with Crippen LogP contribution in [0.4, 0.5) is 4.39 Å². The van der Waals surface area contributed by atoms with E-state index in [1.54, 1.807) is 24.0 Å². The van der Waals surface area contributed by atoms with Crippen molar-refractivity contribution in [2.75, 3.05) is 32.7 Å². The number of benzene rings is 1. The Balaban J connectivity index is 1.85. The van der Waals surface area contributed by atoms with Gasteiger partial charge in [-0.25, -0.2) is 4.39 Å². The first kappa shape index (κ1) is 14.0. The molecule has 0 radical (unpaired) electrons. The maximum Gasteiger partial charge on any atom is 0.219 e. The zero-order valence-corrected chi connectivity index (χ0v) is 11.1. The van der Waals surface area contributed by atoms with Crippen LogP contribution in [0.3, 0.4) is 0 Å². The predicted octanol–water partition coefficient (Wildman–Crippen LogP) is 1.02. The van der Waals surface area contributed by atoms with Gasteiger partial charge in [-0.1, -0.05) is 12.1 Å². The van der Waals surface area contributed by atoms with Gasteiger partial charge < -0.3 is 10.0 Å². The van der Waals surface area contributed by atoms with Gasteiger partial charge in [-0.15, -0.1) is 0 Å². The van der Waals surface area contributed by atoms with Gasteiger partial charge >= 0.3 is 0 Å². The molecular weight excluding hydrogens is 247 g/mol.